The van der Waals surface area contributed by atoms with Crippen molar-refractivity contribution in [2.45, 2.75) is 19.5 Å². The third-order valence-corrected chi connectivity index (χ3v) is 2.52. The summed E-state index contributed by atoms with van der Waals surface area (Å²) in [4.78, 5) is 25.8. The van der Waals surface area contributed by atoms with Crippen molar-refractivity contribution in [1.29, 1.82) is 0 Å². The van der Waals surface area contributed by atoms with Gasteiger partial charge in [0.2, 0.25) is 5.91 Å². The van der Waals surface area contributed by atoms with Gasteiger partial charge in [-0.3, -0.25) is 19.7 Å². The van der Waals surface area contributed by atoms with Crippen LogP contribution in [0.25, 0.3) is 0 Å². The van der Waals surface area contributed by atoms with Crippen molar-refractivity contribution in [3.8, 4) is 0 Å². The van der Waals surface area contributed by atoms with Gasteiger partial charge in [0.05, 0.1) is 17.1 Å². The molecule has 0 heterocycles. The molecular formula is C12H14F3N3O4. The van der Waals surface area contributed by atoms with E-state index in [9.17, 15) is 28.1 Å². The molecule has 0 bridgehead atoms. The van der Waals surface area contributed by atoms with Crippen LogP contribution in [-0.2, 0) is 15.8 Å². The molecule has 0 saturated heterocycles. The first kappa shape index (κ1) is 17.7. The van der Waals surface area contributed by atoms with Gasteiger partial charge in [0.1, 0.15) is 5.69 Å². The van der Waals surface area contributed by atoms with E-state index in [2.05, 4.69) is 15.6 Å². The zero-order valence-electron chi connectivity index (χ0n) is 11.6. The Kier molecular flexibility index (Phi) is 6.11. The maximum atomic E-state index is 12.5. The van der Waals surface area contributed by atoms with Crippen LogP contribution in [0.5, 0.6) is 0 Å². The average molecular weight is 321 g/mol. The van der Waals surface area contributed by atoms with E-state index in [0.717, 1.165) is 12.1 Å². The summed E-state index contributed by atoms with van der Waals surface area (Å²) >= 11 is 0. The lowest BCUT2D eigenvalue weighted by Crippen LogP contribution is -2.25. The lowest BCUT2D eigenvalue weighted by molar-refractivity contribution is -0.384. The molecule has 7 nitrogen and oxygen atoms in total. The summed E-state index contributed by atoms with van der Waals surface area (Å²) in [6.45, 7) is 1.96. The Hall–Kier alpha value is -2.36. The largest absolute Gasteiger partial charge is 0.416 e. The van der Waals surface area contributed by atoms with Crippen LogP contribution in [0.4, 0.5) is 24.5 Å². The number of nitrogens with zero attached hydrogens (tertiary/aromatic N) is 1. The zero-order chi connectivity index (χ0) is 16.8. The van der Waals surface area contributed by atoms with Crippen LogP contribution in [0.2, 0.25) is 0 Å². The number of alkyl halides is 3. The fraction of sp³-hybridized carbons (Fsp3) is 0.417. The quantitative estimate of drug-likeness (QED) is 0.594. The summed E-state index contributed by atoms with van der Waals surface area (Å²) in [5, 5.41) is 13.4. The highest BCUT2D eigenvalue weighted by atomic mass is 19.4. The van der Waals surface area contributed by atoms with E-state index >= 15 is 0 Å². The van der Waals surface area contributed by atoms with Crippen molar-refractivity contribution in [2.24, 2.45) is 0 Å². The highest BCUT2D eigenvalue weighted by molar-refractivity contribution is 5.75. The lowest BCUT2D eigenvalue weighted by atomic mass is 10.1. The average Bonchev–Trinajstić information content (AvgIpc) is 2.44. The van der Waals surface area contributed by atoms with Gasteiger partial charge in [-0.2, -0.15) is 13.2 Å². The van der Waals surface area contributed by atoms with Crippen LogP contribution in [0.15, 0.2) is 18.2 Å². The maximum absolute atomic E-state index is 12.5. The number of carbonyl (C=O) groups is 1. The Morgan fingerprint density at radius 2 is 2.09 bits per heavy atom. The number of carbonyl (C=O) groups excluding carboxylic acids is 1. The molecule has 0 atom stereocenters. The topological polar surface area (TPSA) is 93.5 Å². The van der Waals surface area contributed by atoms with E-state index in [1.807, 2.05) is 0 Å². The molecule has 0 fully saturated rings. The minimum atomic E-state index is -4.67. The molecule has 1 aromatic carbocycles. The van der Waals surface area contributed by atoms with Gasteiger partial charge in [-0.05, 0) is 19.1 Å². The number of hydrogen-bond donors (Lipinski definition) is 2. The fourth-order valence-electron chi connectivity index (χ4n) is 1.52. The summed E-state index contributed by atoms with van der Waals surface area (Å²) in [6.07, 6.45) is -4.72. The predicted molar refractivity (Wildman–Crippen MR) is 71.0 cm³/mol. The second kappa shape index (κ2) is 7.59. The molecule has 0 aromatic heterocycles. The van der Waals surface area contributed by atoms with Gasteiger partial charge >= 0.3 is 6.18 Å². The number of halogens is 3. The maximum Gasteiger partial charge on any atom is 0.416 e. The van der Waals surface area contributed by atoms with Crippen LogP contribution in [0.1, 0.15) is 18.9 Å². The van der Waals surface area contributed by atoms with Gasteiger partial charge in [0, 0.05) is 19.0 Å². The second-order valence-corrected chi connectivity index (χ2v) is 4.12. The minimum absolute atomic E-state index is 0.00507. The molecule has 0 aliphatic heterocycles. The van der Waals surface area contributed by atoms with E-state index in [0.29, 0.717) is 6.07 Å². The fourth-order valence-corrected chi connectivity index (χ4v) is 1.52. The number of rotatable bonds is 7. The molecule has 1 rings (SSSR count). The van der Waals surface area contributed by atoms with Crippen molar-refractivity contribution >= 4 is 17.3 Å². The molecule has 1 amide bonds. The Morgan fingerprint density at radius 1 is 1.41 bits per heavy atom. The number of amides is 1. The van der Waals surface area contributed by atoms with E-state index in [-0.39, 0.29) is 25.3 Å². The number of nitro groups is 1. The molecule has 2 N–H and O–H groups in total. The number of anilines is 1. The van der Waals surface area contributed by atoms with E-state index in [4.69, 9.17) is 0 Å². The molecule has 0 spiro atoms. The molecule has 0 aliphatic rings. The monoisotopic (exact) mass is 321 g/mol. The van der Waals surface area contributed by atoms with Gasteiger partial charge in [0.15, 0.2) is 0 Å². The van der Waals surface area contributed by atoms with Crippen molar-refractivity contribution in [3.05, 3.63) is 33.9 Å². The Morgan fingerprint density at radius 3 is 2.64 bits per heavy atom. The first-order valence-electron chi connectivity index (χ1n) is 6.25. The molecule has 122 valence electrons. The summed E-state index contributed by atoms with van der Waals surface area (Å²) in [7, 11) is 0. The first-order chi connectivity index (χ1) is 10.3. The van der Waals surface area contributed by atoms with Crippen molar-refractivity contribution in [3.63, 3.8) is 0 Å². The lowest BCUT2D eigenvalue weighted by Gasteiger charge is -2.10. The van der Waals surface area contributed by atoms with Gasteiger partial charge in [-0.1, -0.05) is 0 Å². The Balaban J connectivity index is 2.74. The molecule has 0 unspecified atom stereocenters. The predicted octanol–water partition coefficient (Wildman–Crippen LogP) is 2.48. The summed E-state index contributed by atoms with van der Waals surface area (Å²) < 4.78 is 37.6. The number of hydrogen-bond acceptors (Lipinski definition) is 5. The van der Waals surface area contributed by atoms with E-state index in [1.54, 1.807) is 6.92 Å². The highest BCUT2D eigenvalue weighted by Gasteiger charge is 2.32. The number of nitro benzene ring substituents is 1. The molecule has 0 saturated carbocycles. The summed E-state index contributed by atoms with van der Waals surface area (Å²) in [6, 6.07) is 2.14. The summed E-state index contributed by atoms with van der Waals surface area (Å²) in [5.41, 5.74) is 0.208. The number of benzene rings is 1. The molecule has 10 heteroatoms. The van der Waals surface area contributed by atoms with Gasteiger partial charge in [-0.15, -0.1) is 0 Å². The third kappa shape index (κ3) is 5.20. The zero-order valence-corrected chi connectivity index (χ0v) is 11.6. The molecule has 0 aliphatic carbocycles. The second-order valence-electron chi connectivity index (χ2n) is 4.12. The third-order valence-electron chi connectivity index (χ3n) is 2.52. The Labute approximate surface area is 123 Å². The normalized spacial score (nSPS) is 11.1. The van der Waals surface area contributed by atoms with Crippen molar-refractivity contribution in [1.82, 2.24) is 5.48 Å². The van der Waals surface area contributed by atoms with Crippen molar-refractivity contribution in [2.75, 3.05) is 18.5 Å². The van der Waals surface area contributed by atoms with Gasteiger partial charge < -0.3 is 5.32 Å². The van der Waals surface area contributed by atoms with Crippen molar-refractivity contribution < 1.29 is 27.7 Å². The van der Waals surface area contributed by atoms with Crippen LogP contribution < -0.4 is 10.8 Å². The SMILES string of the molecule is CCONC(=O)CCNc1ccc(C(F)(F)F)cc1[N+](=O)[O-]. The van der Waals surface area contributed by atoms with E-state index in [1.165, 1.54) is 0 Å². The summed E-state index contributed by atoms with van der Waals surface area (Å²) in [5.74, 6) is -0.455. The smallest absolute Gasteiger partial charge is 0.379 e. The number of hydroxylamine groups is 1. The minimum Gasteiger partial charge on any atom is -0.379 e. The Bertz CT molecular complexity index is 549. The van der Waals surface area contributed by atoms with Gasteiger partial charge in [-0.25, -0.2) is 5.48 Å². The number of nitrogens with one attached hydrogen (secondary N) is 2. The standard InChI is InChI=1S/C12H14F3N3O4/c1-2-22-17-11(19)5-6-16-9-4-3-8(12(13,14)15)7-10(9)18(20)21/h3-4,7,16H,2,5-6H2,1H3,(H,17,19). The highest BCUT2D eigenvalue weighted by Crippen LogP contribution is 2.34. The first-order valence-corrected chi connectivity index (χ1v) is 6.25. The molecule has 22 heavy (non-hydrogen) atoms. The van der Waals surface area contributed by atoms with Crippen LogP contribution in [0.3, 0.4) is 0 Å². The van der Waals surface area contributed by atoms with E-state index < -0.39 is 28.3 Å². The van der Waals surface area contributed by atoms with Crippen LogP contribution in [0, 0.1) is 10.1 Å². The molecule has 1 aromatic rings. The van der Waals surface area contributed by atoms with Crippen LogP contribution in [-0.4, -0.2) is 24.0 Å². The van der Waals surface area contributed by atoms with Gasteiger partial charge in [0.25, 0.3) is 5.69 Å². The molecular weight excluding hydrogens is 307 g/mol. The van der Waals surface area contributed by atoms with Crippen LogP contribution >= 0.6 is 0 Å². The molecule has 0 radical (unpaired) electrons.